The van der Waals surface area contributed by atoms with Gasteiger partial charge in [0.25, 0.3) is 0 Å². The van der Waals surface area contributed by atoms with Gasteiger partial charge in [-0.3, -0.25) is 0 Å². The van der Waals surface area contributed by atoms with E-state index in [9.17, 15) is 5.11 Å². The van der Waals surface area contributed by atoms with Crippen molar-refractivity contribution in [3.63, 3.8) is 0 Å². The Kier molecular flexibility index (Phi) is 1.89. The van der Waals surface area contributed by atoms with Gasteiger partial charge in [-0.05, 0) is 49.1 Å². The van der Waals surface area contributed by atoms with Crippen molar-refractivity contribution >= 4 is 5.69 Å². The molecule has 0 saturated carbocycles. The van der Waals surface area contributed by atoms with Crippen molar-refractivity contribution in [3.05, 3.63) is 23.8 Å². The molecule has 0 aromatic heterocycles. The minimum atomic E-state index is 0.380. The molecule has 15 heavy (non-hydrogen) atoms. The van der Waals surface area contributed by atoms with E-state index in [2.05, 4.69) is 4.90 Å². The van der Waals surface area contributed by atoms with Crippen LogP contribution in [0.25, 0.3) is 0 Å². The van der Waals surface area contributed by atoms with Crippen LogP contribution in [0.1, 0.15) is 12.0 Å². The number of hydrogen-bond donors (Lipinski definition) is 2. The molecule has 1 aromatic rings. The predicted octanol–water partition coefficient (Wildman–Crippen LogP) is 1.10. The molecule has 2 atom stereocenters. The van der Waals surface area contributed by atoms with Gasteiger partial charge in [0, 0.05) is 18.3 Å². The van der Waals surface area contributed by atoms with E-state index in [0.29, 0.717) is 17.7 Å². The summed E-state index contributed by atoms with van der Waals surface area (Å²) in [4.78, 5) is 2.45. The first-order chi connectivity index (χ1) is 7.28. The fourth-order valence-corrected chi connectivity index (χ4v) is 2.94. The number of aromatic hydroxyl groups is 1. The summed E-state index contributed by atoms with van der Waals surface area (Å²) >= 11 is 0. The van der Waals surface area contributed by atoms with Gasteiger partial charge in [0.05, 0.1) is 0 Å². The summed E-state index contributed by atoms with van der Waals surface area (Å²) in [6.45, 7) is 1.87. The van der Waals surface area contributed by atoms with E-state index in [1.165, 1.54) is 17.7 Å². The molecule has 3 N–H and O–H groups in total. The Balaban J connectivity index is 1.93. The standard InChI is InChI=1S/C12H16N2O/c13-6-8-3-10-4-9-5-11(15)1-2-12(9)14(10)7-8/h1-2,5,8,10,15H,3-4,6-7,13H2. The summed E-state index contributed by atoms with van der Waals surface area (Å²) in [5.74, 6) is 1.03. The molecule has 0 bridgehead atoms. The Hall–Kier alpha value is -1.22. The third kappa shape index (κ3) is 1.30. The van der Waals surface area contributed by atoms with Gasteiger partial charge < -0.3 is 15.7 Å². The van der Waals surface area contributed by atoms with Crippen LogP contribution >= 0.6 is 0 Å². The van der Waals surface area contributed by atoms with Crippen LogP contribution in [0.5, 0.6) is 5.75 Å². The van der Waals surface area contributed by atoms with Crippen molar-refractivity contribution in [1.82, 2.24) is 0 Å². The van der Waals surface area contributed by atoms with Crippen LogP contribution in [0.3, 0.4) is 0 Å². The molecule has 3 rings (SSSR count). The van der Waals surface area contributed by atoms with Crippen LogP contribution in [-0.2, 0) is 6.42 Å². The lowest BCUT2D eigenvalue weighted by Gasteiger charge is -2.18. The van der Waals surface area contributed by atoms with Crippen LogP contribution in [0.4, 0.5) is 5.69 Å². The summed E-state index contributed by atoms with van der Waals surface area (Å²) in [6, 6.07) is 6.32. The number of fused-ring (bicyclic) bond motifs is 3. The Morgan fingerprint density at radius 2 is 2.33 bits per heavy atom. The third-order valence-electron chi connectivity index (χ3n) is 3.66. The lowest BCUT2D eigenvalue weighted by Crippen LogP contribution is -2.25. The van der Waals surface area contributed by atoms with Crippen molar-refractivity contribution in [3.8, 4) is 5.75 Å². The molecule has 1 saturated heterocycles. The zero-order valence-corrected chi connectivity index (χ0v) is 8.69. The second-order valence-corrected chi connectivity index (χ2v) is 4.66. The molecule has 0 aliphatic carbocycles. The molecule has 2 aliphatic rings. The van der Waals surface area contributed by atoms with E-state index in [1.807, 2.05) is 12.1 Å². The zero-order valence-electron chi connectivity index (χ0n) is 8.69. The van der Waals surface area contributed by atoms with Gasteiger partial charge in [0.2, 0.25) is 0 Å². The zero-order chi connectivity index (χ0) is 10.4. The molecular formula is C12H16N2O. The van der Waals surface area contributed by atoms with E-state index < -0.39 is 0 Å². The number of nitrogens with zero attached hydrogens (tertiary/aromatic N) is 1. The van der Waals surface area contributed by atoms with Crippen LogP contribution < -0.4 is 10.6 Å². The first-order valence-corrected chi connectivity index (χ1v) is 5.56. The molecule has 0 spiro atoms. The Labute approximate surface area is 89.5 Å². The quantitative estimate of drug-likeness (QED) is 0.720. The highest BCUT2D eigenvalue weighted by Crippen LogP contribution is 2.40. The van der Waals surface area contributed by atoms with E-state index >= 15 is 0 Å². The third-order valence-corrected chi connectivity index (χ3v) is 3.66. The average molecular weight is 204 g/mol. The van der Waals surface area contributed by atoms with Crippen LogP contribution in [0.2, 0.25) is 0 Å². The van der Waals surface area contributed by atoms with E-state index in [4.69, 9.17) is 5.73 Å². The minimum Gasteiger partial charge on any atom is -0.508 e. The number of rotatable bonds is 1. The molecule has 2 unspecified atom stereocenters. The number of nitrogens with two attached hydrogens (primary N) is 1. The van der Waals surface area contributed by atoms with Gasteiger partial charge in [-0.15, -0.1) is 0 Å². The smallest absolute Gasteiger partial charge is 0.116 e. The maximum Gasteiger partial charge on any atom is 0.116 e. The fraction of sp³-hybridized carbons (Fsp3) is 0.500. The van der Waals surface area contributed by atoms with Gasteiger partial charge in [-0.1, -0.05) is 0 Å². The fourth-order valence-electron chi connectivity index (χ4n) is 2.94. The number of phenols is 1. The second-order valence-electron chi connectivity index (χ2n) is 4.66. The van der Waals surface area contributed by atoms with Crippen molar-refractivity contribution in [1.29, 1.82) is 0 Å². The van der Waals surface area contributed by atoms with Gasteiger partial charge >= 0.3 is 0 Å². The summed E-state index contributed by atoms with van der Waals surface area (Å²) in [6.07, 6.45) is 2.27. The van der Waals surface area contributed by atoms with Crippen molar-refractivity contribution < 1.29 is 5.11 Å². The normalized spacial score (nSPS) is 27.9. The maximum absolute atomic E-state index is 9.42. The summed E-state index contributed by atoms with van der Waals surface area (Å²) in [7, 11) is 0. The topological polar surface area (TPSA) is 49.5 Å². The average Bonchev–Trinajstić information content (AvgIpc) is 2.73. The monoisotopic (exact) mass is 204 g/mol. The van der Waals surface area contributed by atoms with Crippen molar-refractivity contribution in [2.24, 2.45) is 11.7 Å². The van der Waals surface area contributed by atoms with Crippen molar-refractivity contribution in [2.45, 2.75) is 18.9 Å². The van der Waals surface area contributed by atoms with Gasteiger partial charge in [-0.2, -0.15) is 0 Å². The molecule has 3 heteroatoms. The number of anilines is 1. The Bertz CT molecular complexity index is 391. The molecular weight excluding hydrogens is 188 g/mol. The number of hydrogen-bond acceptors (Lipinski definition) is 3. The first kappa shape index (κ1) is 9.04. The molecule has 2 heterocycles. The number of phenolic OH excluding ortho intramolecular Hbond substituents is 1. The highest BCUT2D eigenvalue weighted by molar-refractivity contribution is 5.62. The van der Waals surface area contributed by atoms with Gasteiger partial charge in [0.15, 0.2) is 0 Å². The number of benzene rings is 1. The largest absolute Gasteiger partial charge is 0.508 e. The molecule has 0 radical (unpaired) electrons. The minimum absolute atomic E-state index is 0.380. The van der Waals surface area contributed by atoms with E-state index in [0.717, 1.165) is 19.5 Å². The van der Waals surface area contributed by atoms with Crippen molar-refractivity contribution in [2.75, 3.05) is 18.0 Å². The van der Waals surface area contributed by atoms with Crippen LogP contribution in [0, 0.1) is 5.92 Å². The SMILES string of the molecule is NCC1CC2Cc3cc(O)ccc3N2C1. The van der Waals surface area contributed by atoms with Gasteiger partial charge in [-0.25, -0.2) is 0 Å². The highest BCUT2D eigenvalue weighted by Gasteiger charge is 2.37. The van der Waals surface area contributed by atoms with E-state index in [-0.39, 0.29) is 0 Å². The highest BCUT2D eigenvalue weighted by atomic mass is 16.3. The Morgan fingerprint density at radius 3 is 3.13 bits per heavy atom. The summed E-state index contributed by atoms with van der Waals surface area (Å²) < 4.78 is 0. The van der Waals surface area contributed by atoms with Crippen LogP contribution in [0.15, 0.2) is 18.2 Å². The predicted molar refractivity (Wildman–Crippen MR) is 60.1 cm³/mol. The molecule has 2 aliphatic heterocycles. The lowest BCUT2D eigenvalue weighted by molar-refractivity contribution is 0.474. The summed E-state index contributed by atoms with van der Waals surface area (Å²) in [5, 5.41) is 9.42. The molecule has 1 fully saturated rings. The maximum atomic E-state index is 9.42. The molecule has 1 aromatic carbocycles. The first-order valence-electron chi connectivity index (χ1n) is 5.56. The van der Waals surface area contributed by atoms with Gasteiger partial charge in [0.1, 0.15) is 5.75 Å². The van der Waals surface area contributed by atoms with E-state index in [1.54, 1.807) is 6.07 Å². The van der Waals surface area contributed by atoms with Crippen LogP contribution in [-0.4, -0.2) is 24.2 Å². The lowest BCUT2D eigenvalue weighted by atomic mass is 10.0. The second kappa shape index (κ2) is 3.14. The summed E-state index contributed by atoms with van der Waals surface area (Å²) in [5.41, 5.74) is 8.30. The Morgan fingerprint density at radius 1 is 1.47 bits per heavy atom. The molecule has 3 nitrogen and oxygen atoms in total. The molecule has 80 valence electrons. The molecule has 0 amide bonds.